The van der Waals surface area contributed by atoms with Gasteiger partial charge >= 0.3 is 5.97 Å². The van der Waals surface area contributed by atoms with E-state index in [9.17, 15) is 4.79 Å². The standard InChI is InChI=1S/C13H11BrN2O2/c14-11-4-2-1-3-9(11)7-15-10-5-6-12(13(17)18)16-8-10/h1-6,8,15H,7H2,(H,17,18). The fourth-order valence-corrected chi connectivity index (χ4v) is 1.89. The summed E-state index contributed by atoms with van der Waals surface area (Å²) in [6.45, 7) is 0.648. The van der Waals surface area contributed by atoms with Crippen molar-refractivity contribution in [3.63, 3.8) is 0 Å². The van der Waals surface area contributed by atoms with Crippen molar-refractivity contribution in [3.05, 3.63) is 58.3 Å². The van der Waals surface area contributed by atoms with Crippen LogP contribution in [0.4, 0.5) is 5.69 Å². The molecule has 18 heavy (non-hydrogen) atoms. The third kappa shape index (κ3) is 3.07. The minimum atomic E-state index is -1.02. The highest BCUT2D eigenvalue weighted by molar-refractivity contribution is 9.10. The Kier molecular flexibility index (Phi) is 3.94. The van der Waals surface area contributed by atoms with Gasteiger partial charge in [-0.25, -0.2) is 9.78 Å². The molecule has 0 bridgehead atoms. The highest BCUT2D eigenvalue weighted by atomic mass is 79.9. The molecule has 0 amide bonds. The molecule has 1 aromatic carbocycles. The predicted molar refractivity (Wildman–Crippen MR) is 72.7 cm³/mol. The molecule has 0 aliphatic rings. The number of hydrogen-bond acceptors (Lipinski definition) is 3. The second-order valence-electron chi connectivity index (χ2n) is 3.68. The molecule has 0 spiro atoms. The van der Waals surface area contributed by atoms with Crippen molar-refractivity contribution in [2.24, 2.45) is 0 Å². The second-order valence-corrected chi connectivity index (χ2v) is 4.54. The number of hydrogen-bond donors (Lipinski definition) is 2. The highest BCUT2D eigenvalue weighted by Crippen LogP contribution is 2.17. The summed E-state index contributed by atoms with van der Waals surface area (Å²) < 4.78 is 1.03. The number of carbonyl (C=O) groups is 1. The van der Waals surface area contributed by atoms with Gasteiger partial charge in [-0.1, -0.05) is 34.1 Å². The molecule has 0 saturated carbocycles. The lowest BCUT2D eigenvalue weighted by molar-refractivity contribution is 0.0690. The molecule has 4 nitrogen and oxygen atoms in total. The molecule has 1 heterocycles. The molecule has 0 unspecified atom stereocenters. The summed E-state index contributed by atoms with van der Waals surface area (Å²) in [5.74, 6) is -1.02. The highest BCUT2D eigenvalue weighted by Gasteiger charge is 2.03. The van der Waals surface area contributed by atoms with Crippen LogP contribution in [0.25, 0.3) is 0 Å². The zero-order valence-corrected chi connectivity index (χ0v) is 11.0. The van der Waals surface area contributed by atoms with Crippen LogP contribution in [-0.4, -0.2) is 16.1 Å². The molecule has 0 aliphatic carbocycles. The summed E-state index contributed by atoms with van der Waals surface area (Å²) in [6, 6.07) is 11.1. The molecule has 0 saturated heterocycles. The quantitative estimate of drug-likeness (QED) is 0.911. The molecule has 0 aliphatic heterocycles. The van der Waals surface area contributed by atoms with Crippen LogP contribution in [-0.2, 0) is 6.54 Å². The van der Waals surface area contributed by atoms with Crippen molar-refractivity contribution in [1.29, 1.82) is 0 Å². The maximum Gasteiger partial charge on any atom is 0.354 e. The van der Waals surface area contributed by atoms with Gasteiger partial charge in [-0.3, -0.25) is 0 Å². The summed E-state index contributed by atoms with van der Waals surface area (Å²) >= 11 is 3.47. The van der Waals surface area contributed by atoms with Crippen LogP contribution >= 0.6 is 15.9 Å². The number of anilines is 1. The van der Waals surface area contributed by atoms with Crippen LogP contribution < -0.4 is 5.32 Å². The van der Waals surface area contributed by atoms with Crippen molar-refractivity contribution < 1.29 is 9.90 Å². The number of aromatic nitrogens is 1. The SMILES string of the molecule is O=C(O)c1ccc(NCc2ccccc2Br)cn1. The number of carboxylic acids is 1. The van der Waals surface area contributed by atoms with Gasteiger partial charge in [0.25, 0.3) is 0 Å². The minimum absolute atomic E-state index is 0.0430. The molecule has 5 heteroatoms. The Labute approximate surface area is 113 Å². The second kappa shape index (κ2) is 5.64. The van der Waals surface area contributed by atoms with Crippen LogP contribution in [0.2, 0.25) is 0 Å². The summed E-state index contributed by atoms with van der Waals surface area (Å²) in [4.78, 5) is 14.5. The number of nitrogens with one attached hydrogen (secondary N) is 1. The van der Waals surface area contributed by atoms with Gasteiger partial charge in [-0.05, 0) is 23.8 Å². The molecule has 2 N–H and O–H groups in total. The average molecular weight is 307 g/mol. The first-order valence-corrected chi connectivity index (χ1v) is 6.13. The number of rotatable bonds is 4. The number of aromatic carboxylic acids is 1. The minimum Gasteiger partial charge on any atom is -0.477 e. The van der Waals surface area contributed by atoms with E-state index in [2.05, 4.69) is 26.2 Å². The Bertz CT molecular complexity index is 555. The maximum atomic E-state index is 10.6. The third-order valence-electron chi connectivity index (χ3n) is 2.42. The molecule has 2 rings (SSSR count). The van der Waals surface area contributed by atoms with E-state index in [1.165, 1.54) is 12.3 Å². The number of nitrogens with zero attached hydrogens (tertiary/aromatic N) is 1. The fraction of sp³-hybridized carbons (Fsp3) is 0.0769. The monoisotopic (exact) mass is 306 g/mol. The Morgan fingerprint density at radius 1 is 1.28 bits per heavy atom. The molecule has 0 fully saturated rings. The van der Waals surface area contributed by atoms with E-state index in [1.807, 2.05) is 24.3 Å². The van der Waals surface area contributed by atoms with Gasteiger partial charge in [0.05, 0.1) is 11.9 Å². The van der Waals surface area contributed by atoms with Crippen LogP contribution in [0, 0.1) is 0 Å². The largest absolute Gasteiger partial charge is 0.477 e. The van der Waals surface area contributed by atoms with Crippen LogP contribution in [0.3, 0.4) is 0 Å². The zero-order chi connectivity index (χ0) is 13.0. The van der Waals surface area contributed by atoms with Crippen molar-refractivity contribution in [2.45, 2.75) is 6.54 Å². The Morgan fingerprint density at radius 3 is 2.67 bits per heavy atom. The Morgan fingerprint density at radius 2 is 2.06 bits per heavy atom. The molecule has 0 atom stereocenters. The number of benzene rings is 1. The third-order valence-corrected chi connectivity index (χ3v) is 3.20. The maximum absolute atomic E-state index is 10.6. The fourth-order valence-electron chi connectivity index (χ4n) is 1.46. The van der Waals surface area contributed by atoms with E-state index in [4.69, 9.17) is 5.11 Å². The number of pyridine rings is 1. The lowest BCUT2D eigenvalue weighted by Gasteiger charge is -2.07. The first-order valence-electron chi connectivity index (χ1n) is 5.33. The Balaban J connectivity index is 2.02. The van der Waals surface area contributed by atoms with Crippen molar-refractivity contribution >= 4 is 27.6 Å². The molecular formula is C13H11BrN2O2. The van der Waals surface area contributed by atoms with Gasteiger partial charge in [-0.2, -0.15) is 0 Å². The molecular weight excluding hydrogens is 296 g/mol. The van der Waals surface area contributed by atoms with Crippen molar-refractivity contribution in [1.82, 2.24) is 4.98 Å². The summed E-state index contributed by atoms with van der Waals surface area (Å²) in [7, 11) is 0. The van der Waals surface area contributed by atoms with Crippen molar-refractivity contribution in [3.8, 4) is 0 Å². The van der Waals surface area contributed by atoms with E-state index in [0.717, 1.165) is 15.7 Å². The first-order chi connectivity index (χ1) is 8.66. The Hall–Kier alpha value is -1.88. The van der Waals surface area contributed by atoms with E-state index in [1.54, 1.807) is 6.07 Å². The van der Waals surface area contributed by atoms with E-state index >= 15 is 0 Å². The smallest absolute Gasteiger partial charge is 0.354 e. The van der Waals surface area contributed by atoms with Gasteiger partial charge in [0.15, 0.2) is 0 Å². The number of carboxylic acid groups (broad SMARTS) is 1. The zero-order valence-electron chi connectivity index (χ0n) is 9.43. The predicted octanol–water partition coefficient (Wildman–Crippen LogP) is 3.15. The van der Waals surface area contributed by atoms with Crippen LogP contribution in [0.15, 0.2) is 47.1 Å². The van der Waals surface area contributed by atoms with Gasteiger partial charge < -0.3 is 10.4 Å². The van der Waals surface area contributed by atoms with E-state index < -0.39 is 5.97 Å². The number of halogens is 1. The van der Waals surface area contributed by atoms with Crippen LogP contribution in [0.5, 0.6) is 0 Å². The molecule has 92 valence electrons. The van der Waals surface area contributed by atoms with E-state index in [-0.39, 0.29) is 5.69 Å². The summed E-state index contributed by atoms with van der Waals surface area (Å²) in [5.41, 5.74) is 1.96. The molecule has 2 aromatic rings. The van der Waals surface area contributed by atoms with Gasteiger partial charge in [0, 0.05) is 11.0 Å². The lowest BCUT2D eigenvalue weighted by atomic mass is 10.2. The van der Waals surface area contributed by atoms with Crippen molar-refractivity contribution in [2.75, 3.05) is 5.32 Å². The summed E-state index contributed by atoms with van der Waals surface area (Å²) in [5, 5.41) is 11.9. The van der Waals surface area contributed by atoms with Gasteiger partial charge in [0.2, 0.25) is 0 Å². The van der Waals surface area contributed by atoms with Crippen LogP contribution in [0.1, 0.15) is 16.1 Å². The van der Waals surface area contributed by atoms with Gasteiger partial charge in [-0.15, -0.1) is 0 Å². The summed E-state index contributed by atoms with van der Waals surface area (Å²) in [6.07, 6.45) is 1.51. The average Bonchev–Trinajstić information content (AvgIpc) is 2.38. The first kappa shape index (κ1) is 12.6. The molecule has 1 aromatic heterocycles. The normalized spacial score (nSPS) is 10.1. The van der Waals surface area contributed by atoms with E-state index in [0.29, 0.717) is 6.54 Å². The lowest BCUT2D eigenvalue weighted by Crippen LogP contribution is -2.03. The molecule has 0 radical (unpaired) electrons. The van der Waals surface area contributed by atoms with Gasteiger partial charge in [0.1, 0.15) is 5.69 Å². The topological polar surface area (TPSA) is 62.2 Å².